The SMILES string of the molecule is C=C(C)C(=O)NCCC1CCC(O)CC1. The van der Waals surface area contributed by atoms with Crippen molar-refractivity contribution in [3.05, 3.63) is 12.2 Å². The highest BCUT2D eigenvalue weighted by molar-refractivity contribution is 5.91. The average molecular weight is 211 g/mol. The fourth-order valence-corrected chi connectivity index (χ4v) is 1.97. The van der Waals surface area contributed by atoms with E-state index in [0.717, 1.165) is 38.6 Å². The van der Waals surface area contributed by atoms with Crippen LogP contribution >= 0.6 is 0 Å². The van der Waals surface area contributed by atoms with Crippen molar-refractivity contribution in [1.29, 1.82) is 0 Å². The summed E-state index contributed by atoms with van der Waals surface area (Å²) >= 11 is 0. The quantitative estimate of drug-likeness (QED) is 0.694. The fraction of sp³-hybridized carbons (Fsp3) is 0.750. The van der Waals surface area contributed by atoms with Gasteiger partial charge in [-0.05, 0) is 44.9 Å². The first-order valence-corrected chi connectivity index (χ1v) is 5.71. The molecule has 86 valence electrons. The molecule has 0 aromatic rings. The molecule has 3 nitrogen and oxygen atoms in total. The zero-order chi connectivity index (χ0) is 11.3. The number of amides is 1. The molecule has 1 amide bonds. The van der Waals surface area contributed by atoms with Gasteiger partial charge in [0.25, 0.3) is 0 Å². The maximum Gasteiger partial charge on any atom is 0.246 e. The predicted octanol–water partition coefficient (Wildman–Crippen LogP) is 1.62. The molecule has 0 aromatic heterocycles. The number of hydrogen-bond acceptors (Lipinski definition) is 2. The predicted molar refractivity (Wildman–Crippen MR) is 60.4 cm³/mol. The van der Waals surface area contributed by atoms with Crippen LogP contribution in [0.2, 0.25) is 0 Å². The number of carbonyl (C=O) groups is 1. The van der Waals surface area contributed by atoms with Crippen LogP contribution in [-0.2, 0) is 4.79 Å². The molecule has 1 rings (SSSR count). The van der Waals surface area contributed by atoms with E-state index in [-0.39, 0.29) is 12.0 Å². The Bertz CT molecular complexity index is 230. The number of rotatable bonds is 4. The Hall–Kier alpha value is -0.830. The topological polar surface area (TPSA) is 49.3 Å². The van der Waals surface area contributed by atoms with E-state index in [1.165, 1.54) is 0 Å². The molecule has 0 unspecified atom stereocenters. The zero-order valence-corrected chi connectivity index (χ0v) is 9.46. The third kappa shape index (κ3) is 4.47. The third-order valence-electron chi connectivity index (χ3n) is 3.04. The lowest BCUT2D eigenvalue weighted by molar-refractivity contribution is -0.117. The minimum atomic E-state index is -0.0914. The summed E-state index contributed by atoms with van der Waals surface area (Å²) in [6.07, 6.45) is 4.93. The maximum absolute atomic E-state index is 11.2. The first-order chi connectivity index (χ1) is 7.09. The van der Waals surface area contributed by atoms with Crippen molar-refractivity contribution in [1.82, 2.24) is 5.32 Å². The lowest BCUT2D eigenvalue weighted by atomic mass is 9.85. The Kier molecular flexibility index (Phi) is 4.82. The number of nitrogens with one attached hydrogen (secondary N) is 1. The lowest BCUT2D eigenvalue weighted by Gasteiger charge is -2.25. The Balaban J connectivity index is 2.10. The number of aliphatic hydroxyl groups is 1. The molecule has 0 spiro atoms. The van der Waals surface area contributed by atoms with Crippen molar-refractivity contribution in [2.24, 2.45) is 5.92 Å². The molecule has 1 aliphatic carbocycles. The van der Waals surface area contributed by atoms with Crippen molar-refractivity contribution in [2.45, 2.75) is 45.1 Å². The smallest absolute Gasteiger partial charge is 0.246 e. The Morgan fingerprint density at radius 3 is 2.53 bits per heavy atom. The summed E-state index contributed by atoms with van der Waals surface area (Å²) in [5, 5.41) is 12.2. The van der Waals surface area contributed by atoms with Gasteiger partial charge in [0.15, 0.2) is 0 Å². The molecule has 3 heteroatoms. The molecule has 1 fully saturated rings. The van der Waals surface area contributed by atoms with Crippen molar-refractivity contribution in [2.75, 3.05) is 6.54 Å². The highest BCUT2D eigenvalue weighted by Gasteiger charge is 2.18. The first-order valence-electron chi connectivity index (χ1n) is 5.71. The molecule has 0 aliphatic heterocycles. The van der Waals surface area contributed by atoms with Gasteiger partial charge in [-0.25, -0.2) is 0 Å². The average Bonchev–Trinajstić information content (AvgIpc) is 2.20. The Morgan fingerprint density at radius 2 is 2.00 bits per heavy atom. The van der Waals surface area contributed by atoms with E-state index in [1.807, 2.05) is 0 Å². The van der Waals surface area contributed by atoms with Gasteiger partial charge in [0.2, 0.25) is 5.91 Å². The molecule has 0 atom stereocenters. The van der Waals surface area contributed by atoms with Crippen molar-refractivity contribution >= 4 is 5.91 Å². The van der Waals surface area contributed by atoms with E-state index >= 15 is 0 Å². The summed E-state index contributed by atoms with van der Waals surface area (Å²) in [6.45, 7) is 6.03. The molecule has 0 bridgehead atoms. The minimum absolute atomic E-state index is 0.0501. The van der Waals surface area contributed by atoms with Crippen LogP contribution in [0.25, 0.3) is 0 Å². The van der Waals surface area contributed by atoms with Crippen LogP contribution in [0.1, 0.15) is 39.0 Å². The second-order valence-corrected chi connectivity index (χ2v) is 4.50. The van der Waals surface area contributed by atoms with E-state index < -0.39 is 0 Å². The highest BCUT2D eigenvalue weighted by atomic mass is 16.3. The molecule has 0 aromatic carbocycles. The molecule has 1 saturated carbocycles. The Morgan fingerprint density at radius 1 is 1.40 bits per heavy atom. The van der Waals surface area contributed by atoms with E-state index in [0.29, 0.717) is 11.5 Å². The molecular formula is C12H21NO2. The van der Waals surface area contributed by atoms with Gasteiger partial charge in [-0.3, -0.25) is 4.79 Å². The second kappa shape index (κ2) is 5.91. The van der Waals surface area contributed by atoms with E-state index in [2.05, 4.69) is 11.9 Å². The molecule has 0 heterocycles. The van der Waals surface area contributed by atoms with Crippen molar-refractivity contribution < 1.29 is 9.90 Å². The van der Waals surface area contributed by atoms with Crippen LogP contribution < -0.4 is 5.32 Å². The van der Waals surface area contributed by atoms with Gasteiger partial charge in [0.05, 0.1) is 6.10 Å². The Labute approximate surface area is 91.6 Å². The summed E-state index contributed by atoms with van der Waals surface area (Å²) in [7, 11) is 0. The van der Waals surface area contributed by atoms with Gasteiger partial charge >= 0.3 is 0 Å². The van der Waals surface area contributed by atoms with E-state index in [4.69, 9.17) is 0 Å². The van der Waals surface area contributed by atoms with Gasteiger partial charge in [-0.2, -0.15) is 0 Å². The molecular weight excluding hydrogens is 190 g/mol. The van der Waals surface area contributed by atoms with Gasteiger partial charge < -0.3 is 10.4 Å². The third-order valence-corrected chi connectivity index (χ3v) is 3.04. The highest BCUT2D eigenvalue weighted by Crippen LogP contribution is 2.26. The lowest BCUT2D eigenvalue weighted by Crippen LogP contribution is -2.27. The standard InChI is InChI=1S/C12H21NO2/c1-9(2)12(15)13-8-7-10-3-5-11(14)6-4-10/h10-11,14H,1,3-8H2,2H3,(H,13,15). The maximum atomic E-state index is 11.2. The number of carbonyl (C=O) groups excluding carboxylic acids is 1. The minimum Gasteiger partial charge on any atom is -0.393 e. The molecule has 15 heavy (non-hydrogen) atoms. The largest absolute Gasteiger partial charge is 0.393 e. The monoisotopic (exact) mass is 211 g/mol. The normalized spacial score (nSPS) is 26.0. The summed E-state index contributed by atoms with van der Waals surface area (Å²) in [6, 6.07) is 0. The second-order valence-electron chi connectivity index (χ2n) is 4.50. The fourth-order valence-electron chi connectivity index (χ4n) is 1.97. The van der Waals surface area contributed by atoms with Crippen LogP contribution in [0.5, 0.6) is 0 Å². The van der Waals surface area contributed by atoms with Gasteiger partial charge in [-0.15, -0.1) is 0 Å². The van der Waals surface area contributed by atoms with Gasteiger partial charge in [-0.1, -0.05) is 6.58 Å². The van der Waals surface area contributed by atoms with Crippen LogP contribution in [0.4, 0.5) is 0 Å². The van der Waals surface area contributed by atoms with Crippen LogP contribution in [0.15, 0.2) is 12.2 Å². The van der Waals surface area contributed by atoms with Crippen molar-refractivity contribution in [3.63, 3.8) is 0 Å². The van der Waals surface area contributed by atoms with Crippen LogP contribution in [0, 0.1) is 5.92 Å². The van der Waals surface area contributed by atoms with E-state index in [1.54, 1.807) is 6.92 Å². The molecule has 2 N–H and O–H groups in total. The van der Waals surface area contributed by atoms with Crippen molar-refractivity contribution in [3.8, 4) is 0 Å². The molecule has 1 aliphatic rings. The molecule has 0 saturated heterocycles. The number of hydrogen-bond donors (Lipinski definition) is 2. The summed E-state index contributed by atoms with van der Waals surface area (Å²) in [5.74, 6) is 0.615. The summed E-state index contributed by atoms with van der Waals surface area (Å²) in [4.78, 5) is 11.2. The van der Waals surface area contributed by atoms with Crippen LogP contribution in [0.3, 0.4) is 0 Å². The van der Waals surface area contributed by atoms with Gasteiger partial charge in [0, 0.05) is 12.1 Å². The summed E-state index contributed by atoms with van der Waals surface area (Å²) in [5.41, 5.74) is 0.564. The van der Waals surface area contributed by atoms with Gasteiger partial charge in [0.1, 0.15) is 0 Å². The number of aliphatic hydroxyl groups excluding tert-OH is 1. The first kappa shape index (κ1) is 12.2. The van der Waals surface area contributed by atoms with E-state index in [9.17, 15) is 9.90 Å². The molecule has 0 radical (unpaired) electrons. The zero-order valence-electron chi connectivity index (χ0n) is 9.46. The summed E-state index contributed by atoms with van der Waals surface area (Å²) < 4.78 is 0. The van der Waals surface area contributed by atoms with Crippen LogP contribution in [-0.4, -0.2) is 23.7 Å².